The lowest BCUT2D eigenvalue weighted by atomic mass is 10.1. The summed E-state index contributed by atoms with van der Waals surface area (Å²) in [7, 11) is -4.53. The molecule has 9 heteroatoms. The molecule has 8 nitrogen and oxygen atoms in total. The second-order valence-corrected chi connectivity index (χ2v) is 10.2. The monoisotopic (exact) mass is 464 g/mol. The largest absolute Gasteiger partial charge is 0.507 e. The van der Waals surface area contributed by atoms with Crippen LogP contribution in [-0.2, 0) is 19.3 Å². The molecular formula is C23H28O8S. The molecule has 0 amide bonds. The van der Waals surface area contributed by atoms with Crippen LogP contribution in [0.2, 0.25) is 0 Å². The minimum Gasteiger partial charge on any atom is -0.507 e. The van der Waals surface area contributed by atoms with E-state index in [4.69, 9.17) is 9.47 Å². The number of carbonyl (C=O) groups is 2. The zero-order valence-electron chi connectivity index (χ0n) is 18.7. The highest BCUT2D eigenvalue weighted by Crippen LogP contribution is 2.40. The molecule has 32 heavy (non-hydrogen) atoms. The number of sulfone groups is 1. The van der Waals surface area contributed by atoms with Gasteiger partial charge in [0.2, 0.25) is 9.84 Å². The molecular weight excluding hydrogens is 436 g/mol. The van der Waals surface area contributed by atoms with Gasteiger partial charge in [0.1, 0.15) is 27.5 Å². The lowest BCUT2D eigenvalue weighted by molar-refractivity contribution is 0.0434. The van der Waals surface area contributed by atoms with Gasteiger partial charge in [0, 0.05) is 0 Å². The van der Waals surface area contributed by atoms with Gasteiger partial charge in [-0.3, -0.25) is 0 Å². The molecule has 0 spiro atoms. The van der Waals surface area contributed by atoms with Gasteiger partial charge in [0.05, 0.1) is 18.1 Å². The number of rotatable bonds is 8. The van der Waals surface area contributed by atoms with Crippen molar-refractivity contribution in [3.8, 4) is 11.5 Å². The lowest BCUT2D eigenvalue weighted by Gasteiger charge is -2.17. The number of hydrogen-bond donors (Lipinski definition) is 2. The number of benzene rings is 2. The maximum absolute atomic E-state index is 13.4. The summed E-state index contributed by atoms with van der Waals surface area (Å²) in [6, 6.07) is 6.49. The van der Waals surface area contributed by atoms with Gasteiger partial charge >= 0.3 is 11.9 Å². The van der Waals surface area contributed by atoms with Crippen LogP contribution in [0.5, 0.6) is 11.5 Å². The SMILES string of the molecule is Cc1ccc(S(=O)(=O)c2c(O)c(C(=O)OCC(C)C)cc(O)c2C(=O)OCC(C)C)cc1. The first-order valence-corrected chi connectivity index (χ1v) is 11.6. The molecule has 2 aromatic rings. The molecule has 0 atom stereocenters. The number of hydrogen-bond acceptors (Lipinski definition) is 8. The Hall–Kier alpha value is -3.07. The Balaban J connectivity index is 2.74. The van der Waals surface area contributed by atoms with Crippen LogP contribution < -0.4 is 0 Å². The van der Waals surface area contributed by atoms with Crippen molar-refractivity contribution in [2.45, 2.75) is 44.4 Å². The number of ether oxygens (including phenoxy) is 2. The molecule has 0 unspecified atom stereocenters. The topological polar surface area (TPSA) is 127 Å². The highest BCUT2D eigenvalue weighted by Gasteiger charge is 2.35. The van der Waals surface area contributed by atoms with Crippen LogP contribution >= 0.6 is 0 Å². The third kappa shape index (κ3) is 5.59. The molecule has 0 heterocycles. The molecule has 0 saturated carbocycles. The first-order chi connectivity index (χ1) is 14.9. The van der Waals surface area contributed by atoms with E-state index >= 15 is 0 Å². The van der Waals surface area contributed by atoms with Crippen LogP contribution in [0.15, 0.2) is 40.1 Å². The van der Waals surface area contributed by atoms with Crippen molar-refractivity contribution >= 4 is 21.8 Å². The quantitative estimate of drug-likeness (QED) is 0.445. The molecule has 2 N–H and O–H groups in total. The zero-order valence-corrected chi connectivity index (χ0v) is 19.5. The standard InChI is InChI=1S/C23H28O8S/c1-13(2)11-30-22(26)17-10-18(24)19(23(27)31-12-14(3)4)21(20(17)25)32(28,29)16-8-6-15(5)7-9-16/h6-10,13-14,24-25H,11-12H2,1-5H3. The molecule has 0 aromatic heterocycles. The molecule has 0 radical (unpaired) electrons. The van der Waals surface area contributed by atoms with Crippen molar-refractivity contribution in [1.82, 2.24) is 0 Å². The van der Waals surface area contributed by atoms with Crippen LogP contribution in [0.4, 0.5) is 0 Å². The normalized spacial score (nSPS) is 11.6. The van der Waals surface area contributed by atoms with Crippen LogP contribution in [0, 0.1) is 18.8 Å². The van der Waals surface area contributed by atoms with Gasteiger partial charge in [-0.05, 0) is 37.0 Å². The van der Waals surface area contributed by atoms with Crippen LogP contribution in [0.3, 0.4) is 0 Å². The van der Waals surface area contributed by atoms with E-state index in [2.05, 4.69) is 0 Å². The van der Waals surface area contributed by atoms with Crippen molar-refractivity contribution < 1.29 is 37.7 Å². The van der Waals surface area contributed by atoms with Gasteiger partial charge in [0.15, 0.2) is 0 Å². The van der Waals surface area contributed by atoms with E-state index in [0.717, 1.165) is 11.6 Å². The zero-order chi connectivity index (χ0) is 24.2. The Morgan fingerprint density at radius 3 is 1.91 bits per heavy atom. The fraction of sp³-hybridized carbons (Fsp3) is 0.391. The average molecular weight is 465 g/mol. The number of esters is 2. The van der Waals surface area contributed by atoms with Crippen LogP contribution in [0.1, 0.15) is 54.0 Å². The summed E-state index contributed by atoms with van der Waals surface area (Å²) in [5.41, 5.74) is -0.531. The highest BCUT2D eigenvalue weighted by molar-refractivity contribution is 7.91. The molecule has 2 rings (SSSR count). The molecule has 0 fully saturated rings. The Morgan fingerprint density at radius 1 is 0.906 bits per heavy atom. The number of aromatic hydroxyl groups is 2. The van der Waals surface area contributed by atoms with E-state index in [0.29, 0.717) is 0 Å². The van der Waals surface area contributed by atoms with Crippen LogP contribution in [-0.4, -0.2) is 43.8 Å². The van der Waals surface area contributed by atoms with E-state index in [-0.39, 0.29) is 29.9 Å². The predicted molar refractivity (Wildman–Crippen MR) is 117 cm³/mol. The molecule has 0 aliphatic carbocycles. The van der Waals surface area contributed by atoms with Gasteiger partial charge in [-0.15, -0.1) is 0 Å². The van der Waals surface area contributed by atoms with E-state index in [1.54, 1.807) is 46.8 Å². The van der Waals surface area contributed by atoms with Gasteiger partial charge in [-0.1, -0.05) is 45.4 Å². The molecule has 0 saturated heterocycles. The first-order valence-electron chi connectivity index (χ1n) is 10.1. The van der Waals surface area contributed by atoms with E-state index < -0.39 is 49.3 Å². The summed E-state index contributed by atoms with van der Waals surface area (Å²) in [6.45, 7) is 8.89. The maximum Gasteiger partial charge on any atom is 0.343 e. The van der Waals surface area contributed by atoms with Gasteiger partial charge in [0.25, 0.3) is 0 Å². The van der Waals surface area contributed by atoms with E-state index in [9.17, 15) is 28.2 Å². The minimum atomic E-state index is -4.53. The maximum atomic E-state index is 13.4. The van der Waals surface area contributed by atoms with Crippen molar-refractivity contribution in [2.24, 2.45) is 11.8 Å². The number of phenols is 2. The van der Waals surface area contributed by atoms with Crippen molar-refractivity contribution in [2.75, 3.05) is 13.2 Å². The Labute approximate surface area is 187 Å². The molecule has 0 aliphatic rings. The first kappa shape index (κ1) is 25.2. The van der Waals surface area contributed by atoms with Gasteiger partial charge in [-0.25, -0.2) is 18.0 Å². The summed E-state index contributed by atoms with van der Waals surface area (Å²) in [6.07, 6.45) is 0. The fourth-order valence-electron chi connectivity index (χ4n) is 2.72. The van der Waals surface area contributed by atoms with Crippen molar-refractivity contribution in [1.29, 1.82) is 0 Å². The highest BCUT2D eigenvalue weighted by atomic mass is 32.2. The van der Waals surface area contributed by atoms with E-state index in [1.165, 1.54) is 12.1 Å². The van der Waals surface area contributed by atoms with Crippen LogP contribution in [0.25, 0.3) is 0 Å². The Kier molecular flexibility index (Phi) is 7.90. The third-order valence-corrected chi connectivity index (χ3v) is 6.18. The van der Waals surface area contributed by atoms with Gasteiger partial charge < -0.3 is 19.7 Å². The lowest BCUT2D eigenvalue weighted by Crippen LogP contribution is -2.18. The molecule has 2 aromatic carbocycles. The Morgan fingerprint density at radius 2 is 1.41 bits per heavy atom. The second kappa shape index (κ2) is 10.0. The van der Waals surface area contributed by atoms with Gasteiger partial charge in [-0.2, -0.15) is 0 Å². The minimum absolute atomic E-state index is 0.0112. The van der Waals surface area contributed by atoms with E-state index in [1.807, 2.05) is 0 Å². The number of aryl methyl sites for hydroxylation is 1. The summed E-state index contributed by atoms with van der Waals surface area (Å²) in [5.74, 6) is -4.06. The average Bonchev–Trinajstić information content (AvgIpc) is 2.71. The summed E-state index contributed by atoms with van der Waals surface area (Å²) in [4.78, 5) is 24.0. The van der Waals surface area contributed by atoms with Crippen molar-refractivity contribution in [3.63, 3.8) is 0 Å². The molecule has 0 bridgehead atoms. The fourth-order valence-corrected chi connectivity index (χ4v) is 4.27. The van der Waals surface area contributed by atoms with Crippen molar-refractivity contribution in [3.05, 3.63) is 47.0 Å². The summed E-state index contributed by atoms with van der Waals surface area (Å²) >= 11 is 0. The summed E-state index contributed by atoms with van der Waals surface area (Å²) in [5, 5.41) is 21.3. The Bertz CT molecular complexity index is 1100. The number of carbonyl (C=O) groups excluding carboxylic acids is 2. The smallest absolute Gasteiger partial charge is 0.343 e. The summed E-state index contributed by atoms with van der Waals surface area (Å²) < 4.78 is 37.0. The second-order valence-electron chi connectivity index (χ2n) is 8.30. The molecule has 0 aliphatic heterocycles. The third-order valence-electron chi connectivity index (χ3n) is 4.35. The number of phenolic OH excluding ortho intramolecular Hbond substituents is 2. The molecule has 174 valence electrons. The predicted octanol–water partition coefficient (Wildman–Crippen LogP) is 3.86.